The molecule has 1 aliphatic rings. The van der Waals surface area contributed by atoms with Gasteiger partial charge in [0.2, 0.25) is 5.82 Å². The van der Waals surface area contributed by atoms with Crippen molar-refractivity contribution in [2.24, 2.45) is 0 Å². The Labute approximate surface area is 111 Å². The number of pyridine rings is 1. The first-order valence-corrected chi connectivity index (χ1v) is 6.52. The minimum absolute atomic E-state index is 0.0520. The van der Waals surface area contributed by atoms with Crippen LogP contribution in [0.5, 0.6) is 0 Å². The van der Waals surface area contributed by atoms with Gasteiger partial charge in [-0.15, -0.1) is 0 Å². The monoisotopic (exact) mass is 260 g/mol. The van der Waals surface area contributed by atoms with E-state index in [0.29, 0.717) is 0 Å². The molecule has 0 amide bonds. The summed E-state index contributed by atoms with van der Waals surface area (Å²) in [7, 11) is 0. The Morgan fingerprint density at radius 2 is 2.05 bits per heavy atom. The molecule has 1 aromatic rings. The molecule has 1 saturated carbocycles. The summed E-state index contributed by atoms with van der Waals surface area (Å²) < 4.78 is 0. The second kappa shape index (κ2) is 6.14. The van der Waals surface area contributed by atoms with Crippen LogP contribution >= 0.6 is 0 Å². The highest BCUT2D eigenvalue weighted by molar-refractivity contribution is 5.64. The minimum atomic E-state index is -0.537. The van der Waals surface area contributed by atoms with Crippen LogP contribution in [0.25, 0.3) is 0 Å². The van der Waals surface area contributed by atoms with Gasteiger partial charge in [-0.3, -0.25) is 10.1 Å². The Bertz CT molecular complexity index is 502. The van der Waals surface area contributed by atoms with E-state index in [1.165, 1.54) is 25.1 Å². The first-order valence-electron chi connectivity index (χ1n) is 6.52. The maximum absolute atomic E-state index is 11.1. The van der Waals surface area contributed by atoms with Gasteiger partial charge in [-0.25, -0.2) is 4.98 Å². The maximum atomic E-state index is 11.1. The van der Waals surface area contributed by atoms with E-state index in [1.807, 2.05) is 6.07 Å². The van der Waals surface area contributed by atoms with Crippen molar-refractivity contribution in [3.63, 3.8) is 0 Å². The molecule has 0 radical (unpaired) electrons. The van der Waals surface area contributed by atoms with Gasteiger partial charge in [0.15, 0.2) is 0 Å². The first-order chi connectivity index (χ1) is 9.22. The lowest BCUT2D eigenvalue weighted by Crippen LogP contribution is -2.20. The molecule has 0 bridgehead atoms. The molecule has 0 atom stereocenters. The third-order valence-electron chi connectivity index (χ3n) is 3.42. The average Bonchev–Trinajstić information content (AvgIpc) is 2.66. The molecule has 0 spiro atoms. The van der Waals surface area contributed by atoms with Gasteiger partial charge in [0.25, 0.3) is 0 Å². The van der Waals surface area contributed by atoms with Gasteiger partial charge in [0.1, 0.15) is 11.6 Å². The molecule has 1 fully saturated rings. The number of nitro groups is 1. The summed E-state index contributed by atoms with van der Waals surface area (Å²) in [4.78, 5) is 14.6. The maximum Gasteiger partial charge on any atom is 0.328 e. The van der Waals surface area contributed by atoms with Gasteiger partial charge in [-0.1, -0.05) is 25.7 Å². The zero-order chi connectivity index (χ0) is 13.7. The van der Waals surface area contributed by atoms with Crippen LogP contribution in [0.1, 0.15) is 44.1 Å². The fourth-order valence-corrected chi connectivity index (χ4v) is 2.45. The van der Waals surface area contributed by atoms with Crippen molar-refractivity contribution in [1.29, 1.82) is 5.26 Å². The molecule has 1 aromatic heterocycles. The summed E-state index contributed by atoms with van der Waals surface area (Å²) in [5.74, 6) is 0.218. The molecule has 1 aliphatic carbocycles. The van der Waals surface area contributed by atoms with E-state index in [2.05, 4.69) is 10.3 Å². The number of aromatic nitrogens is 1. The standard InChI is InChI=1S/C13H16N4O2/c14-9-10-7-8-15-13(12(10)17(18)19)16-11-5-3-1-2-4-6-11/h7-8,11H,1-6H2,(H,15,16). The predicted molar refractivity (Wildman–Crippen MR) is 70.7 cm³/mol. The molecule has 6 nitrogen and oxygen atoms in total. The summed E-state index contributed by atoms with van der Waals surface area (Å²) in [6.45, 7) is 0. The van der Waals surface area contributed by atoms with Crippen LogP contribution in [-0.4, -0.2) is 15.9 Å². The summed E-state index contributed by atoms with van der Waals surface area (Å²) in [5.41, 5.74) is -0.162. The number of rotatable bonds is 3. The Balaban J connectivity index is 2.24. The molecule has 1 N–H and O–H groups in total. The lowest BCUT2D eigenvalue weighted by atomic mass is 10.1. The highest BCUT2D eigenvalue weighted by atomic mass is 16.6. The summed E-state index contributed by atoms with van der Waals surface area (Å²) in [6, 6.07) is 3.43. The number of nitrogens with zero attached hydrogens (tertiary/aromatic N) is 3. The van der Waals surface area contributed by atoms with E-state index in [0.717, 1.165) is 25.7 Å². The van der Waals surface area contributed by atoms with Gasteiger partial charge in [-0.05, 0) is 18.9 Å². The van der Waals surface area contributed by atoms with Gasteiger partial charge >= 0.3 is 5.69 Å². The van der Waals surface area contributed by atoms with Crippen LogP contribution in [0.4, 0.5) is 11.5 Å². The fourth-order valence-electron chi connectivity index (χ4n) is 2.45. The van der Waals surface area contributed by atoms with Crippen molar-refractivity contribution >= 4 is 11.5 Å². The Morgan fingerprint density at radius 3 is 2.63 bits per heavy atom. The number of hydrogen-bond donors (Lipinski definition) is 1. The third-order valence-corrected chi connectivity index (χ3v) is 3.42. The number of hydrogen-bond acceptors (Lipinski definition) is 5. The molecule has 0 saturated heterocycles. The van der Waals surface area contributed by atoms with Crippen LogP contribution in [0.15, 0.2) is 12.3 Å². The molecule has 19 heavy (non-hydrogen) atoms. The largest absolute Gasteiger partial charge is 0.362 e. The molecular weight excluding hydrogens is 244 g/mol. The van der Waals surface area contributed by atoms with Crippen LogP contribution in [0.3, 0.4) is 0 Å². The summed E-state index contributed by atoms with van der Waals surface area (Å²) in [5, 5.41) is 23.2. The van der Waals surface area contributed by atoms with Gasteiger partial charge in [0.05, 0.1) is 4.92 Å². The van der Waals surface area contributed by atoms with Gasteiger partial charge in [-0.2, -0.15) is 5.26 Å². The van der Waals surface area contributed by atoms with Gasteiger partial charge in [0, 0.05) is 12.2 Å². The zero-order valence-electron chi connectivity index (χ0n) is 10.6. The van der Waals surface area contributed by atoms with Crippen molar-refractivity contribution in [2.75, 3.05) is 5.32 Å². The van der Waals surface area contributed by atoms with E-state index in [-0.39, 0.29) is 23.1 Å². The molecule has 2 rings (SSSR count). The minimum Gasteiger partial charge on any atom is -0.362 e. The molecule has 0 aromatic carbocycles. The second-order valence-corrected chi connectivity index (χ2v) is 4.76. The number of nitriles is 1. The zero-order valence-corrected chi connectivity index (χ0v) is 10.6. The fraction of sp³-hybridized carbons (Fsp3) is 0.538. The highest BCUT2D eigenvalue weighted by Crippen LogP contribution is 2.28. The van der Waals surface area contributed by atoms with Crippen molar-refractivity contribution < 1.29 is 4.92 Å². The van der Waals surface area contributed by atoms with E-state index < -0.39 is 4.92 Å². The lowest BCUT2D eigenvalue weighted by Gasteiger charge is -2.16. The van der Waals surface area contributed by atoms with Crippen LogP contribution < -0.4 is 5.32 Å². The molecule has 0 unspecified atom stereocenters. The lowest BCUT2D eigenvalue weighted by molar-refractivity contribution is -0.384. The topological polar surface area (TPSA) is 91.8 Å². The van der Waals surface area contributed by atoms with E-state index in [4.69, 9.17) is 5.26 Å². The second-order valence-electron chi connectivity index (χ2n) is 4.76. The van der Waals surface area contributed by atoms with E-state index in [9.17, 15) is 10.1 Å². The Kier molecular flexibility index (Phi) is 4.29. The van der Waals surface area contributed by atoms with Gasteiger partial charge < -0.3 is 5.32 Å². The van der Waals surface area contributed by atoms with Crippen molar-refractivity contribution in [2.45, 2.75) is 44.6 Å². The Hall–Kier alpha value is -2.16. The molecular formula is C13H16N4O2. The Morgan fingerprint density at radius 1 is 1.37 bits per heavy atom. The van der Waals surface area contributed by atoms with Crippen LogP contribution in [-0.2, 0) is 0 Å². The van der Waals surface area contributed by atoms with Crippen LogP contribution in [0.2, 0.25) is 0 Å². The van der Waals surface area contributed by atoms with E-state index >= 15 is 0 Å². The van der Waals surface area contributed by atoms with Crippen LogP contribution in [0, 0.1) is 21.4 Å². The van der Waals surface area contributed by atoms with Crippen molar-refractivity contribution in [3.05, 3.63) is 27.9 Å². The summed E-state index contributed by atoms with van der Waals surface area (Å²) >= 11 is 0. The average molecular weight is 260 g/mol. The third kappa shape index (κ3) is 3.19. The smallest absolute Gasteiger partial charge is 0.328 e. The van der Waals surface area contributed by atoms with Crippen molar-refractivity contribution in [1.82, 2.24) is 4.98 Å². The first kappa shape index (κ1) is 13.3. The number of anilines is 1. The normalized spacial score (nSPS) is 16.4. The number of nitrogens with one attached hydrogen (secondary N) is 1. The SMILES string of the molecule is N#Cc1ccnc(NC2CCCCCC2)c1[N+](=O)[O-]. The predicted octanol–water partition coefficient (Wildman–Crippen LogP) is 3.00. The highest BCUT2D eigenvalue weighted by Gasteiger charge is 2.23. The molecule has 100 valence electrons. The molecule has 1 heterocycles. The van der Waals surface area contributed by atoms with E-state index in [1.54, 1.807) is 0 Å². The summed E-state index contributed by atoms with van der Waals surface area (Å²) in [6.07, 6.45) is 8.11. The molecule has 0 aliphatic heterocycles. The molecule has 6 heteroatoms. The van der Waals surface area contributed by atoms with Crippen molar-refractivity contribution in [3.8, 4) is 6.07 Å². The quantitative estimate of drug-likeness (QED) is 0.512.